The second kappa shape index (κ2) is 7.28. The number of amides is 1. The number of fused-ring (bicyclic) bond motifs is 1. The van der Waals surface area contributed by atoms with E-state index in [1.165, 1.54) is 6.20 Å². The number of benzene rings is 1. The molecule has 4 rings (SSSR count). The van der Waals surface area contributed by atoms with Gasteiger partial charge in [0.25, 0.3) is 5.91 Å². The predicted octanol–water partition coefficient (Wildman–Crippen LogP) is 4.04. The number of pyridine rings is 2. The van der Waals surface area contributed by atoms with Gasteiger partial charge in [-0.1, -0.05) is 17.7 Å². The minimum atomic E-state index is -0.360. The van der Waals surface area contributed by atoms with Gasteiger partial charge in [-0.2, -0.15) is 5.10 Å². The van der Waals surface area contributed by atoms with Crippen molar-refractivity contribution in [2.45, 2.75) is 6.92 Å². The van der Waals surface area contributed by atoms with Crippen molar-refractivity contribution in [3.63, 3.8) is 0 Å². The number of carbonyl (C=O) groups is 1. The molecule has 0 spiro atoms. The van der Waals surface area contributed by atoms with Gasteiger partial charge in [0.05, 0.1) is 46.3 Å². The van der Waals surface area contributed by atoms with E-state index in [0.717, 1.165) is 5.69 Å². The van der Waals surface area contributed by atoms with Crippen molar-refractivity contribution in [1.29, 1.82) is 0 Å². The number of rotatable bonds is 4. The molecule has 0 unspecified atom stereocenters. The summed E-state index contributed by atoms with van der Waals surface area (Å²) in [5, 5.41) is 8.25. The van der Waals surface area contributed by atoms with Crippen LogP contribution >= 0.6 is 11.6 Å². The number of methoxy groups -OCH3 is 1. The highest BCUT2D eigenvalue weighted by atomic mass is 35.5. The summed E-state index contributed by atoms with van der Waals surface area (Å²) in [5.74, 6) is 0.346. The highest BCUT2D eigenvalue weighted by Crippen LogP contribution is 2.31. The smallest absolute Gasteiger partial charge is 0.258 e. The van der Waals surface area contributed by atoms with Gasteiger partial charge in [0, 0.05) is 18.5 Å². The molecule has 4 aromatic rings. The molecule has 0 bridgehead atoms. The van der Waals surface area contributed by atoms with Crippen LogP contribution in [0.15, 0.2) is 55.0 Å². The van der Waals surface area contributed by atoms with Crippen molar-refractivity contribution in [3.05, 3.63) is 71.3 Å². The van der Waals surface area contributed by atoms with Gasteiger partial charge < -0.3 is 10.1 Å². The highest BCUT2D eigenvalue weighted by molar-refractivity contribution is 6.39. The summed E-state index contributed by atoms with van der Waals surface area (Å²) in [6.07, 6.45) is 4.64. The first-order chi connectivity index (χ1) is 13.6. The Labute approximate surface area is 165 Å². The Morgan fingerprint density at radius 3 is 2.82 bits per heavy atom. The fraction of sp³-hybridized carbons (Fsp3) is 0.100. The minimum Gasteiger partial charge on any atom is -0.497 e. The van der Waals surface area contributed by atoms with E-state index in [9.17, 15) is 4.79 Å². The first kappa shape index (κ1) is 17.9. The van der Waals surface area contributed by atoms with E-state index in [1.807, 2.05) is 31.2 Å². The van der Waals surface area contributed by atoms with Crippen molar-refractivity contribution >= 4 is 34.2 Å². The van der Waals surface area contributed by atoms with Gasteiger partial charge in [-0.05, 0) is 31.2 Å². The summed E-state index contributed by atoms with van der Waals surface area (Å²) >= 11 is 6.57. The molecule has 0 fully saturated rings. The maximum absolute atomic E-state index is 12.6. The van der Waals surface area contributed by atoms with E-state index in [1.54, 1.807) is 36.3 Å². The number of nitrogens with zero attached hydrogens (tertiary/aromatic N) is 4. The summed E-state index contributed by atoms with van der Waals surface area (Å²) in [6, 6.07) is 11.0. The number of anilines is 1. The number of aromatic nitrogens is 4. The SMILES string of the molecule is COc1cccc(-n2nc(C)c3c(Cl)c(C(=O)Nc4cccnc4)cnc32)c1. The Bertz CT molecular complexity index is 1170. The van der Waals surface area contributed by atoms with Crippen LogP contribution in [0, 0.1) is 6.92 Å². The highest BCUT2D eigenvalue weighted by Gasteiger charge is 2.20. The molecule has 0 atom stereocenters. The predicted molar refractivity (Wildman–Crippen MR) is 107 cm³/mol. The van der Waals surface area contributed by atoms with Crippen LogP contribution in [0.5, 0.6) is 5.75 Å². The van der Waals surface area contributed by atoms with Gasteiger partial charge in [-0.25, -0.2) is 9.67 Å². The molecule has 0 aliphatic heterocycles. The van der Waals surface area contributed by atoms with Crippen molar-refractivity contribution in [2.24, 2.45) is 0 Å². The van der Waals surface area contributed by atoms with E-state index < -0.39 is 0 Å². The molecule has 0 saturated heterocycles. The molecule has 0 aliphatic carbocycles. The van der Waals surface area contributed by atoms with Crippen molar-refractivity contribution in [3.8, 4) is 11.4 Å². The summed E-state index contributed by atoms with van der Waals surface area (Å²) in [5.41, 5.74) is 2.87. The first-order valence-electron chi connectivity index (χ1n) is 8.48. The zero-order valence-electron chi connectivity index (χ0n) is 15.2. The Morgan fingerprint density at radius 2 is 2.07 bits per heavy atom. The van der Waals surface area contributed by atoms with E-state index in [-0.39, 0.29) is 11.5 Å². The van der Waals surface area contributed by atoms with Crippen molar-refractivity contribution in [2.75, 3.05) is 12.4 Å². The van der Waals surface area contributed by atoms with Gasteiger partial charge in [0.1, 0.15) is 5.75 Å². The quantitative estimate of drug-likeness (QED) is 0.566. The monoisotopic (exact) mass is 393 g/mol. The van der Waals surface area contributed by atoms with Gasteiger partial charge in [0.15, 0.2) is 5.65 Å². The van der Waals surface area contributed by atoms with Crippen LogP contribution < -0.4 is 10.1 Å². The Hall–Kier alpha value is -3.45. The molecular formula is C20H16ClN5O2. The molecule has 0 radical (unpaired) electrons. The van der Waals surface area contributed by atoms with Gasteiger partial charge >= 0.3 is 0 Å². The van der Waals surface area contributed by atoms with Gasteiger partial charge in [0.2, 0.25) is 0 Å². The number of hydrogen-bond donors (Lipinski definition) is 1. The van der Waals surface area contributed by atoms with E-state index in [4.69, 9.17) is 16.3 Å². The summed E-state index contributed by atoms with van der Waals surface area (Å²) < 4.78 is 6.96. The molecule has 140 valence electrons. The third-order valence-corrected chi connectivity index (χ3v) is 4.66. The molecule has 3 heterocycles. The summed E-state index contributed by atoms with van der Waals surface area (Å²) in [4.78, 5) is 21.1. The zero-order valence-corrected chi connectivity index (χ0v) is 15.9. The Morgan fingerprint density at radius 1 is 1.21 bits per heavy atom. The maximum Gasteiger partial charge on any atom is 0.258 e. The molecule has 1 N–H and O–H groups in total. The molecule has 0 saturated carbocycles. The van der Waals surface area contributed by atoms with Crippen LogP contribution in [0.25, 0.3) is 16.7 Å². The largest absolute Gasteiger partial charge is 0.497 e. The molecule has 3 aromatic heterocycles. The van der Waals surface area contributed by atoms with Crippen LogP contribution in [0.4, 0.5) is 5.69 Å². The van der Waals surface area contributed by atoms with Crippen molar-refractivity contribution < 1.29 is 9.53 Å². The average molecular weight is 394 g/mol. The Balaban J connectivity index is 1.78. The summed E-state index contributed by atoms with van der Waals surface area (Å²) in [7, 11) is 1.60. The topological polar surface area (TPSA) is 81.9 Å². The van der Waals surface area contributed by atoms with E-state index >= 15 is 0 Å². The molecule has 7 nitrogen and oxygen atoms in total. The fourth-order valence-corrected chi connectivity index (χ4v) is 3.28. The molecule has 1 amide bonds. The standard InChI is InChI=1S/C20H16ClN5O2/c1-12-17-18(21)16(20(27)24-13-5-4-8-22-10-13)11-23-19(17)26(25-12)14-6-3-7-15(9-14)28-2/h3-11H,1-2H3,(H,24,27). The van der Waals surface area contributed by atoms with Gasteiger partial charge in [-0.3, -0.25) is 9.78 Å². The van der Waals surface area contributed by atoms with Crippen LogP contribution in [-0.2, 0) is 0 Å². The molecule has 1 aromatic carbocycles. The third kappa shape index (κ3) is 3.16. The van der Waals surface area contributed by atoms with Crippen LogP contribution in [0.3, 0.4) is 0 Å². The third-order valence-electron chi connectivity index (χ3n) is 4.27. The lowest BCUT2D eigenvalue weighted by Gasteiger charge is -2.08. The average Bonchev–Trinajstić information content (AvgIpc) is 3.06. The lowest BCUT2D eigenvalue weighted by atomic mass is 10.2. The first-order valence-corrected chi connectivity index (χ1v) is 8.86. The lowest BCUT2D eigenvalue weighted by Crippen LogP contribution is -2.13. The van der Waals surface area contributed by atoms with Crippen molar-refractivity contribution in [1.82, 2.24) is 19.7 Å². The zero-order chi connectivity index (χ0) is 19.7. The minimum absolute atomic E-state index is 0.270. The van der Waals surface area contributed by atoms with Crippen LogP contribution in [0.2, 0.25) is 5.02 Å². The van der Waals surface area contributed by atoms with Gasteiger partial charge in [-0.15, -0.1) is 0 Å². The molecule has 0 aliphatic rings. The number of ether oxygens (including phenoxy) is 1. The number of hydrogen-bond acceptors (Lipinski definition) is 5. The Kier molecular flexibility index (Phi) is 4.67. The number of aryl methyl sites for hydroxylation is 1. The summed E-state index contributed by atoms with van der Waals surface area (Å²) in [6.45, 7) is 1.83. The number of nitrogens with one attached hydrogen (secondary N) is 1. The molecular weight excluding hydrogens is 378 g/mol. The second-order valence-electron chi connectivity index (χ2n) is 6.08. The lowest BCUT2D eigenvalue weighted by molar-refractivity contribution is 0.102. The van der Waals surface area contributed by atoms with Crippen LogP contribution in [0.1, 0.15) is 16.1 Å². The van der Waals surface area contributed by atoms with E-state index in [2.05, 4.69) is 20.4 Å². The number of carbonyl (C=O) groups excluding carboxylic acids is 1. The normalized spacial score (nSPS) is 10.8. The second-order valence-corrected chi connectivity index (χ2v) is 6.46. The molecule has 8 heteroatoms. The fourth-order valence-electron chi connectivity index (χ4n) is 2.92. The van der Waals surface area contributed by atoms with Crippen LogP contribution in [-0.4, -0.2) is 32.8 Å². The molecule has 28 heavy (non-hydrogen) atoms. The number of halogens is 1. The maximum atomic E-state index is 12.6. The van der Waals surface area contributed by atoms with E-state index in [0.29, 0.717) is 33.2 Å².